The van der Waals surface area contributed by atoms with Gasteiger partial charge >= 0.3 is 5.97 Å². The minimum Gasteiger partial charge on any atom is -0.481 e. The summed E-state index contributed by atoms with van der Waals surface area (Å²) in [4.78, 5) is 15.6. The van der Waals surface area contributed by atoms with Crippen LogP contribution in [0.1, 0.15) is 25.7 Å². The smallest absolute Gasteiger partial charge is 0.303 e. The van der Waals surface area contributed by atoms with Gasteiger partial charge in [-0.1, -0.05) is 0 Å². The van der Waals surface area contributed by atoms with Crippen molar-refractivity contribution in [3.05, 3.63) is 0 Å². The first-order chi connectivity index (χ1) is 7.65. The average molecular weight is 226 g/mol. The number of hydrogen-bond donors (Lipinski definition) is 1. The first-order valence-electron chi connectivity index (χ1n) is 6.29. The van der Waals surface area contributed by atoms with Crippen LogP contribution in [0.5, 0.6) is 0 Å². The van der Waals surface area contributed by atoms with Crippen LogP contribution >= 0.6 is 0 Å². The number of rotatable bonds is 2. The van der Waals surface area contributed by atoms with Crippen molar-refractivity contribution in [2.75, 3.05) is 33.2 Å². The van der Waals surface area contributed by atoms with Crippen LogP contribution < -0.4 is 0 Å². The summed E-state index contributed by atoms with van der Waals surface area (Å²) < 4.78 is 0. The second-order valence-corrected chi connectivity index (χ2v) is 5.28. The molecule has 2 aliphatic heterocycles. The van der Waals surface area contributed by atoms with Crippen LogP contribution in [0.2, 0.25) is 0 Å². The zero-order valence-corrected chi connectivity index (χ0v) is 10.1. The number of aliphatic carboxylic acids is 1. The van der Waals surface area contributed by atoms with Crippen LogP contribution in [0.3, 0.4) is 0 Å². The highest BCUT2D eigenvalue weighted by molar-refractivity contribution is 5.67. The van der Waals surface area contributed by atoms with Crippen LogP contribution in [-0.2, 0) is 4.79 Å². The maximum Gasteiger partial charge on any atom is 0.303 e. The molecule has 2 atom stereocenters. The quantitative estimate of drug-likeness (QED) is 0.759. The van der Waals surface area contributed by atoms with Gasteiger partial charge in [0.05, 0.1) is 0 Å². The summed E-state index contributed by atoms with van der Waals surface area (Å²) >= 11 is 0. The Kier molecular flexibility index (Phi) is 3.82. The van der Waals surface area contributed by atoms with Gasteiger partial charge in [0, 0.05) is 32.1 Å². The van der Waals surface area contributed by atoms with E-state index in [4.69, 9.17) is 5.11 Å². The molecular formula is C12H22N2O2. The SMILES string of the molecule is CN1CCC2CCC(CC(=O)O)CN2CC1. The minimum atomic E-state index is -0.643. The van der Waals surface area contributed by atoms with Gasteiger partial charge in [0.2, 0.25) is 0 Å². The van der Waals surface area contributed by atoms with E-state index in [1.54, 1.807) is 0 Å². The molecule has 0 aromatic rings. The highest BCUT2D eigenvalue weighted by atomic mass is 16.4. The molecular weight excluding hydrogens is 204 g/mol. The highest BCUT2D eigenvalue weighted by Crippen LogP contribution is 2.27. The molecule has 0 saturated carbocycles. The molecule has 0 radical (unpaired) electrons. The number of carboxylic acid groups (broad SMARTS) is 1. The number of likely N-dealkylation sites (N-methyl/N-ethyl adjacent to an activating group) is 1. The molecule has 16 heavy (non-hydrogen) atoms. The van der Waals surface area contributed by atoms with E-state index in [0.29, 0.717) is 18.4 Å². The van der Waals surface area contributed by atoms with Crippen LogP contribution in [0.15, 0.2) is 0 Å². The summed E-state index contributed by atoms with van der Waals surface area (Å²) in [5, 5.41) is 8.83. The molecule has 92 valence electrons. The van der Waals surface area contributed by atoms with Gasteiger partial charge in [-0.15, -0.1) is 0 Å². The van der Waals surface area contributed by atoms with E-state index < -0.39 is 5.97 Å². The Labute approximate surface area is 97.2 Å². The second-order valence-electron chi connectivity index (χ2n) is 5.28. The normalized spacial score (nSPS) is 33.1. The molecule has 4 heteroatoms. The Morgan fingerprint density at radius 2 is 2.06 bits per heavy atom. The molecule has 1 N–H and O–H groups in total. The summed E-state index contributed by atoms with van der Waals surface area (Å²) in [5.74, 6) is -0.271. The zero-order valence-electron chi connectivity index (χ0n) is 10.1. The standard InChI is InChI=1S/C12H22N2O2/c1-13-5-4-11-3-2-10(8-12(15)16)9-14(11)7-6-13/h10-11H,2-9H2,1H3,(H,15,16). The summed E-state index contributed by atoms with van der Waals surface area (Å²) in [5.41, 5.74) is 0. The minimum absolute atomic E-state index is 0.346. The van der Waals surface area contributed by atoms with Crippen molar-refractivity contribution in [1.82, 2.24) is 9.80 Å². The highest BCUT2D eigenvalue weighted by Gasteiger charge is 2.30. The molecule has 2 rings (SSSR count). The third-order valence-electron chi connectivity index (χ3n) is 3.99. The lowest BCUT2D eigenvalue weighted by Crippen LogP contribution is -2.44. The van der Waals surface area contributed by atoms with Gasteiger partial charge in [-0.3, -0.25) is 9.69 Å². The maximum atomic E-state index is 10.7. The number of hydrogen-bond acceptors (Lipinski definition) is 3. The van der Waals surface area contributed by atoms with Crippen molar-refractivity contribution in [2.24, 2.45) is 5.92 Å². The number of carboxylic acids is 1. The molecule has 0 spiro atoms. The monoisotopic (exact) mass is 226 g/mol. The maximum absolute atomic E-state index is 10.7. The largest absolute Gasteiger partial charge is 0.481 e. The van der Waals surface area contributed by atoms with E-state index in [1.807, 2.05) is 0 Å². The van der Waals surface area contributed by atoms with Crippen LogP contribution in [0.4, 0.5) is 0 Å². The number of carbonyl (C=O) groups is 1. The van der Waals surface area contributed by atoms with Gasteiger partial charge in [0.1, 0.15) is 0 Å². The number of fused-ring (bicyclic) bond motifs is 1. The van der Waals surface area contributed by atoms with Gasteiger partial charge in [0.15, 0.2) is 0 Å². The molecule has 2 fully saturated rings. The molecule has 0 amide bonds. The van der Waals surface area contributed by atoms with E-state index in [1.165, 1.54) is 19.4 Å². The Morgan fingerprint density at radius 1 is 1.25 bits per heavy atom. The summed E-state index contributed by atoms with van der Waals surface area (Å²) in [6.07, 6.45) is 3.87. The fraction of sp³-hybridized carbons (Fsp3) is 0.917. The van der Waals surface area contributed by atoms with Gasteiger partial charge in [-0.2, -0.15) is 0 Å². The number of nitrogens with zero attached hydrogens (tertiary/aromatic N) is 2. The molecule has 2 aliphatic rings. The summed E-state index contributed by atoms with van der Waals surface area (Å²) in [6, 6.07) is 0.704. The Bertz CT molecular complexity index is 257. The van der Waals surface area contributed by atoms with Gasteiger partial charge < -0.3 is 10.0 Å². The van der Waals surface area contributed by atoms with Crippen LogP contribution in [-0.4, -0.2) is 60.1 Å². The first kappa shape index (κ1) is 11.9. The molecule has 2 heterocycles. The summed E-state index contributed by atoms with van der Waals surface area (Å²) in [7, 11) is 2.17. The Hall–Kier alpha value is -0.610. The van der Waals surface area contributed by atoms with Crippen molar-refractivity contribution < 1.29 is 9.90 Å². The predicted octanol–water partition coefficient (Wildman–Crippen LogP) is 0.877. The topological polar surface area (TPSA) is 43.8 Å². The van der Waals surface area contributed by atoms with Crippen LogP contribution in [0.25, 0.3) is 0 Å². The molecule has 0 aromatic carbocycles. The van der Waals surface area contributed by atoms with Crippen molar-refractivity contribution in [3.63, 3.8) is 0 Å². The third kappa shape index (κ3) is 2.95. The fourth-order valence-electron chi connectivity index (χ4n) is 2.98. The lowest BCUT2D eigenvalue weighted by Gasteiger charge is -2.38. The van der Waals surface area contributed by atoms with Crippen molar-refractivity contribution in [1.29, 1.82) is 0 Å². The van der Waals surface area contributed by atoms with E-state index in [9.17, 15) is 4.79 Å². The molecule has 0 aliphatic carbocycles. The van der Waals surface area contributed by atoms with Gasteiger partial charge in [0.25, 0.3) is 0 Å². The van der Waals surface area contributed by atoms with E-state index in [2.05, 4.69) is 16.8 Å². The van der Waals surface area contributed by atoms with Crippen molar-refractivity contribution in [3.8, 4) is 0 Å². The first-order valence-corrected chi connectivity index (χ1v) is 6.29. The van der Waals surface area contributed by atoms with Gasteiger partial charge in [-0.05, 0) is 38.8 Å². The third-order valence-corrected chi connectivity index (χ3v) is 3.99. The van der Waals surface area contributed by atoms with Crippen LogP contribution in [0, 0.1) is 5.92 Å². The van der Waals surface area contributed by atoms with E-state index in [-0.39, 0.29) is 0 Å². The number of piperidine rings is 1. The molecule has 4 nitrogen and oxygen atoms in total. The fourth-order valence-corrected chi connectivity index (χ4v) is 2.98. The molecule has 0 bridgehead atoms. The molecule has 0 aromatic heterocycles. The Morgan fingerprint density at radius 3 is 2.81 bits per heavy atom. The lowest BCUT2D eigenvalue weighted by molar-refractivity contribution is -0.138. The molecule has 2 saturated heterocycles. The van der Waals surface area contributed by atoms with Gasteiger partial charge in [-0.25, -0.2) is 0 Å². The summed E-state index contributed by atoms with van der Waals surface area (Å²) in [6.45, 7) is 4.41. The van der Waals surface area contributed by atoms with E-state index >= 15 is 0 Å². The average Bonchev–Trinajstić information content (AvgIpc) is 2.40. The predicted molar refractivity (Wildman–Crippen MR) is 62.5 cm³/mol. The van der Waals surface area contributed by atoms with Crippen molar-refractivity contribution >= 4 is 5.97 Å². The zero-order chi connectivity index (χ0) is 11.5. The second kappa shape index (κ2) is 5.15. The lowest BCUT2D eigenvalue weighted by atomic mass is 9.89. The molecule has 2 unspecified atom stereocenters. The van der Waals surface area contributed by atoms with Crippen molar-refractivity contribution in [2.45, 2.75) is 31.7 Å². The Balaban J connectivity index is 1.89. The van der Waals surface area contributed by atoms with E-state index in [0.717, 1.165) is 26.1 Å².